The van der Waals surface area contributed by atoms with E-state index in [1.54, 1.807) is 0 Å². The lowest BCUT2D eigenvalue weighted by Gasteiger charge is -2.33. The highest BCUT2D eigenvalue weighted by Crippen LogP contribution is 2.29. The van der Waals surface area contributed by atoms with Gasteiger partial charge in [0.2, 0.25) is 0 Å². The molecule has 0 saturated carbocycles. The van der Waals surface area contributed by atoms with Crippen molar-refractivity contribution in [3.8, 4) is 0 Å². The number of fused-ring (bicyclic) bond motifs is 1. The number of carbonyl (C=O) groups is 2. The Morgan fingerprint density at radius 1 is 1.11 bits per heavy atom. The molecule has 0 bridgehead atoms. The van der Waals surface area contributed by atoms with Crippen LogP contribution in [0.1, 0.15) is 13.3 Å². The number of hydrogen-bond acceptors (Lipinski definition) is 7. The summed E-state index contributed by atoms with van der Waals surface area (Å²) >= 11 is 3.73. The smallest absolute Gasteiger partial charge is 0.414 e. The zero-order chi connectivity index (χ0) is 19.6. The van der Waals surface area contributed by atoms with E-state index >= 15 is 0 Å². The van der Waals surface area contributed by atoms with Crippen molar-refractivity contribution in [2.24, 2.45) is 0 Å². The number of nitrogens with zero attached hydrogens (tertiary/aromatic N) is 3. The van der Waals surface area contributed by atoms with Gasteiger partial charge in [-0.3, -0.25) is 0 Å². The van der Waals surface area contributed by atoms with Crippen molar-refractivity contribution in [2.45, 2.75) is 17.7 Å². The van der Waals surface area contributed by atoms with Gasteiger partial charge in [-0.2, -0.15) is 0 Å². The number of thioether (sulfide) groups is 1. The number of hydrogen-bond donors (Lipinski definition) is 2. The third-order valence-corrected chi connectivity index (χ3v) is 6.48. The van der Waals surface area contributed by atoms with Crippen LogP contribution < -0.4 is 0 Å². The molecule has 3 rings (SSSR count). The minimum Gasteiger partial charge on any atom is -0.473 e. The van der Waals surface area contributed by atoms with Gasteiger partial charge in [-0.1, -0.05) is 30.8 Å². The molecule has 1 aromatic heterocycles. The number of carboxylic acid groups (broad SMARTS) is 2. The van der Waals surface area contributed by atoms with Crippen molar-refractivity contribution in [3.05, 3.63) is 24.3 Å². The molecular formula is C18H25N3O4S2. The first kappa shape index (κ1) is 21.6. The van der Waals surface area contributed by atoms with Crippen LogP contribution in [0.5, 0.6) is 0 Å². The van der Waals surface area contributed by atoms with Crippen LogP contribution in [0.3, 0.4) is 0 Å². The highest BCUT2D eigenvalue weighted by Gasteiger charge is 2.14. The fourth-order valence-electron chi connectivity index (χ4n) is 2.69. The first-order valence-electron chi connectivity index (χ1n) is 8.89. The zero-order valence-corrected chi connectivity index (χ0v) is 17.0. The Balaban J connectivity index is 0.000000380. The normalized spacial score (nSPS) is 15.3. The predicted molar refractivity (Wildman–Crippen MR) is 109 cm³/mol. The number of thiazole rings is 1. The number of carboxylic acids is 2. The number of rotatable bonds is 6. The number of piperazine rings is 1. The standard InChI is InChI=1S/C16H23N3S2.C2H2O4/c1-2-18-9-11-19(12-10-18)8-5-13-20-16-17-14-6-3-4-7-15(14)21-16;3-1(4)2(5)6/h3-4,6-7H,2,5,8-13H2,1H3;(H,3,4)(H,5,6). The lowest BCUT2D eigenvalue weighted by atomic mass is 10.3. The number of benzene rings is 1. The molecule has 1 fully saturated rings. The molecule has 9 heteroatoms. The quantitative estimate of drug-likeness (QED) is 0.426. The van der Waals surface area contributed by atoms with E-state index in [-0.39, 0.29) is 0 Å². The predicted octanol–water partition coefficient (Wildman–Crippen LogP) is 2.57. The van der Waals surface area contributed by atoms with Crippen molar-refractivity contribution in [3.63, 3.8) is 0 Å². The Hall–Kier alpha value is -1.68. The minimum atomic E-state index is -1.82. The fraction of sp³-hybridized carbons (Fsp3) is 0.500. The van der Waals surface area contributed by atoms with Gasteiger partial charge in [-0.15, -0.1) is 11.3 Å². The summed E-state index contributed by atoms with van der Waals surface area (Å²) in [4.78, 5) is 28.0. The summed E-state index contributed by atoms with van der Waals surface area (Å²) in [5.74, 6) is -2.47. The summed E-state index contributed by atoms with van der Waals surface area (Å²) in [5, 5.41) is 14.8. The topological polar surface area (TPSA) is 94.0 Å². The van der Waals surface area contributed by atoms with Gasteiger partial charge >= 0.3 is 11.9 Å². The maximum Gasteiger partial charge on any atom is 0.414 e. The van der Waals surface area contributed by atoms with E-state index in [9.17, 15) is 0 Å². The Kier molecular flexibility index (Phi) is 8.99. The Morgan fingerprint density at radius 3 is 2.33 bits per heavy atom. The third-order valence-electron chi connectivity index (χ3n) is 4.21. The van der Waals surface area contributed by atoms with Crippen LogP contribution in [0, 0.1) is 0 Å². The second-order valence-corrected chi connectivity index (χ2v) is 8.41. The molecule has 0 aliphatic carbocycles. The molecular weight excluding hydrogens is 386 g/mol. The number of aliphatic carboxylic acids is 2. The molecule has 2 N–H and O–H groups in total. The summed E-state index contributed by atoms with van der Waals surface area (Å²) in [7, 11) is 0. The van der Waals surface area contributed by atoms with Crippen molar-refractivity contribution in [1.82, 2.24) is 14.8 Å². The molecule has 1 aromatic carbocycles. The van der Waals surface area contributed by atoms with E-state index in [1.807, 2.05) is 23.1 Å². The van der Waals surface area contributed by atoms with Crippen molar-refractivity contribution < 1.29 is 19.8 Å². The molecule has 0 atom stereocenters. The van der Waals surface area contributed by atoms with Gasteiger partial charge in [0.15, 0.2) is 4.34 Å². The molecule has 2 aromatic rings. The molecule has 1 aliphatic rings. The Bertz CT molecular complexity index is 700. The van der Waals surface area contributed by atoms with Gasteiger partial charge in [0.1, 0.15) is 0 Å². The van der Waals surface area contributed by atoms with Crippen LogP contribution >= 0.6 is 23.1 Å². The van der Waals surface area contributed by atoms with Gasteiger partial charge in [0.05, 0.1) is 10.2 Å². The van der Waals surface area contributed by atoms with Crippen LogP contribution in [0.25, 0.3) is 10.2 Å². The van der Waals surface area contributed by atoms with E-state index in [0.29, 0.717) is 0 Å². The molecule has 1 saturated heterocycles. The van der Waals surface area contributed by atoms with Crippen LogP contribution in [0.4, 0.5) is 0 Å². The van der Waals surface area contributed by atoms with Crippen LogP contribution in [0.15, 0.2) is 28.6 Å². The summed E-state index contributed by atoms with van der Waals surface area (Å²) in [6.07, 6.45) is 1.26. The molecule has 0 unspecified atom stereocenters. The molecule has 0 amide bonds. The lowest BCUT2D eigenvalue weighted by Crippen LogP contribution is -2.46. The first-order chi connectivity index (χ1) is 13.0. The van der Waals surface area contributed by atoms with E-state index in [0.717, 1.165) is 5.52 Å². The fourth-order valence-corrected chi connectivity index (χ4v) is 4.75. The second-order valence-electron chi connectivity index (χ2n) is 6.04. The number of para-hydroxylation sites is 1. The van der Waals surface area contributed by atoms with Crippen LogP contribution in [-0.4, -0.2) is 82.0 Å². The number of aromatic nitrogens is 1. The molecule has 0 spiro atoms. The monoisotopic (exact) mass is 411 g/mol. The molecule has 148 valence electrons. The molecule has 7 nitrogen and oxygen atoms in total. The molecule has 27 heavy (non-hydrogen) atoms. The van der Waals surface area contributed by atoms with E-state index in [2.05, 4.69) is 46.0 Å². The van der Waals surface area contributed by atoms with E-state index in [4.69, 9.17) is 19.8 Å². The van der Waals surface area contributed by atoms with Crippen molar-refractivity contribution >= 4 is 45.3 Å². The molecule has 1 aliphatic heterocycles. The summed E-state index contributed by atoms with van der Waals surface area (Å²) in [6, 6.07) is 8.41. The largest absolute Gasteiger partial charge is 0.473 e. The summed E-state index contributed by atoms with van der Waals surface area (Å²) in [6.45, 7) is 9.63. The zero-order valence-electron chi connectivity index (χ0n) is 15.3. The summed E-state index contributed by atoms with van der Waals surface area (Å²) < 4.78 is 2.52. The highest BCUT2D eigenvalue weighted by molar-refractivity contribution is 8.01. The molecule has 2 heterocycles. The third kappa shape index (κ3) is 7.45. The van der Waals surface area contributed by atoms with E-state index < -0.39 is 11.9 Å². The van der Waals surface area contributed by atoms with Crippen LogP contribution in [-0.2, 0) is 9.59 Å². The summed E-state index contributed by atoms with van der Waals surface area (Å²) in [5.41, 5.74) is 1.14. The first-order valence-corrected chi connectivity index (χ1v) is 10.7. The lowest BCUT2D eigenvalue weighted by molar-refractivity contribution is -0.159. The average molecular weight is 412 g/mol. The van der Waals surface area contributed by atoms with Crippen molar-refractivity contribution in [1.29, 1.82) is 0 Å². The Morgan fingerprint density at radius 2 is 1.74 bits per heavy atom. The maximum atomic E-state index is 9.10. The Labute approximate surface area is 167 Å². The van der Waals surface area contributed by atoms with Gasteiger partial charge in [-0.25, -0.2) is 14.6 Å². The van der Waals surface area contributed by atoms with E-state index in [1.165, 1.54) is 60.5 Å². The van der Waals surface area contributed by atoms with Gasteiger partial charge in [0, 0.05) is 31.9 Å². The second kappa shape index (κ2) is 11.2. The number of likely N-dealkylation sites (N-methyl/N-ethyl adjacent to an activating group) is 1. The van der Waals surface area contributed by atoms with Crippen molar-refractivity contribution in [2.75, 3.05) is 45.0 Å². The maximum absolute atomic E-state index is 9.10. The SMILES string of the molecule is CCN1CCN(CCCSc2nc3ccccc3s2)CC1.O=C(O)C(=O)O. The average Bonchev–Trinajstić information content (AvgIpc) is 3.09. The van der Waals surface area contributed by atoms with Gasteiger partial charge in [-0.05, 0) is 31.6 Å². The van der Waals surface area contributed by atoms with Crippen LogP contribution in [0.2, 0.25) is 0 Å². The van der Waals surface area contributed by atoms with Gasteiger partial charge < -0.3 is 20.0 Å². The highest BCUT2D eigenvalue weighted by atomic mass is 32.2. The van der Waals surface area contributed by atoms with Gasteiger partial charge in [0.25, 0.3) is 0 Å². The minimum absolute atomic E-state index is 1.14. The molecule has 0 radical (unpaired) electrons.